The quantitative estimate of drug-likeness (QED) is 0.608. The summed E-state index contributed by atoms with van der Waals surface area (Å²) in [6, 6.07) is 14.2. The number of carbonyl (C=O) groups excluding carboxylic acids is 1. The van der Waals surface area contributed by atoms with Crippen LogP contribution in [0.3, 0.4) is 0 Å². The highest BCUT2D eigenvalue weighted by Crippen LogP contribution is 2.28. The van der Waals surface area contributed by atoms with E-state index in [1.807, 2.05) is 41.8 Å². The van der Waals surface area contributed by atoms with Crippen LogP contribution >= 0.6 is 11.8 Å². The summed E-state index contributed by atoms with van der Waals surface area (Å²) >= 11 is 1.43. The van der Waals surface area contributed by atoms with Crippen molar-refractivity contribution in [3.8, 4) is 11.6 Å². The Hall–Kier alpha value is -2.54. The molecular formula is C21H24N4O2S. The third-order valence-corrected chi connectivity index (χ3v) is 6.08. The van der Waals surface area contributed by atoms with Crippen LogP contribution < -0.4 is 5.32 Å². The van der Waals surface area contributed by atoms with Crippen LogP contribution in [-0.2, 0) is 11.3 Å². The van der Waals surface area contributed by atoms with Gasteiger partial charge in [0.25, 0.3) is 0 Å². The molecule has 1 aliphatic carbocycles. The summed E-state index contributed by atoms with van der Waals surface area (Å²) in [6.45, 7) is 2.53. The van der Waals surface area contributed by atoms with Gasteiger partial charge in [-0.1, -0.05) is 54.9 Å². The number of furan rings is 1. The van der Waals surface area contributed by atoms with Crippen LogP contribution in [0.5, 0.6) is 0 Å². The average molecular weight is 397 g/mol. The zero-order chi connectivity index (χ0) is 19.3. The van der Waals surface area contributed by atoms with Gasteiger partial charge in [-0.15, -0.1) is 10.2 Å². The summed E-state index contributed by atoms with van der Waals surface area (Å²) in [6.07, 6.45) is 6.18. The number of benzene rings is 1. The first-order valence-electron chi connectivity index (χ1n) is 9.69. The molecule has 1 fully saturated rings. The molecule has 2 heterocycles. The molecule has 4 rings (SSSR count). The van der Waals surface area contributed by atoms with Gasteiger partial charge in [-0.3, -0.25) is 9.36 Å². The van der Waals surface area contributed by atoms with E-state index in [9.17, 15) is 4.79 Å². The topological polar surface area (TPSA) is 73.0 Å². The van der Waals surface area contributed by atoms with Gasteiger partial charge in [-0.05, 0) is 37.5 Å². The van der Waals surface area contributed by atoms with Gasteiger partial charge in [0.05, 0.1) is 18.1 Å². The van der Waals surface area contributed by atoms with E-state index in [-0.39, 0.29) is 11.2 Å². The zero-order valence-corrected chi connectivity index (χ0v) is 16.7. The van der Waals surface area contributed by atoms with E-state index < -0.39 is 0 Å². The van der Waals surface area contributed by atoms with E-state index in [1.165, 1.54) is 24.6 Å². The molecule has 0 bridgehead atoms. The van der Waals surface area contributed by atoms with Gasteiger partial charge in [0, 0.05) is 6.04 Å². The second kappa shape index (κ2) is 8.65. The van der Waals surface area contributed by atoms with Gasteiger partial charge >= 0.3 is 0 Å². The second-order valence-corrected chi connectivity index (χ2v) is 8.41. The van der Waals surface area contributed by atoms with Crippen LogP contribution in [-0.4, -0.2) is 32.0 Å². The molecule has 2 aromatic heterocycles. The highest BCUT2D eigenvalue weighted by Gasteiger charge is 2.24. The fourth-order valence-electron chi connectivity index (χ4n) is 3.47. The number of hydrogen-bond donors (Lipinski definition) is 1. The van der Waals surface area contributed by atoms with E-state index in [0.29, 0.717) is 29.3 Å². The third-order valence-electron chi connectivity index (χ3n) is 4.99. The van der Waals surface area contributed by atoms with Crippen molar-refractivity contribution in [2.45, 2.75) is 55.6 Å². The van der Waals surface area contributed by atoms with Crippen molar-refractivity contribution in [2.24, 2.45) is 0 Å². The van der Waals surface area contributed by atoms with Crippen LogP contribution in [0.1, 0.15) is 38.2 Å². The molecule has 0 saturated heterocycles. The molecule has 7 heteroatoms. The third kappa shape index (κ3) is 4.30. The summed E-state index contributed by atoms with van der Waals surface area (Å²) in [4.78, 5) is 12.6. The lowest BCUT2D eigenvalue weighted by Crippen LogP contribution is -2.37. The number of nitrogens with one attached hydrogen (secondary N) is 1. The number of hydrogen-bond acceptors (Lipinski definition) is 5. The lowest BCUT2D eigenvalue weighted by molar-refractivity contribution is -0.120. The normalized spacial score (nSPS) is 15.6. The summed E-state index contributed by atoms with van der Waals surface area (Å²) in [5.74, 6) is 1.39. The molecule has 0 unspecified atom stereocenters. The van der Waals surface area contributed by atoms with Crippen molar-refractivity contribution in [1.29, 1.82) is 0 Å². The summed E-state index contributed by atoms with van der Waals surface area (Å²) in [7, 11) is 0. The molecule has 1 amide bonds. The van der Waals surface area contributed by atoms with Gasteiger partial charge in [-0.25, -0.2) is 0 Å². The fourth-order valence-corrected chi connectivity index (χ4v) is 4.33. The number of thioether (sulfide) groups is 1. The Balaban J connectivity index is 1.55. The largest absolute Gasteiger partial charge is 0.461 e. The Morgan fingerprint density at radius 2 is 2.00 bits per heavy atom. The monoisotopic (exact) mass is 396 g/mol. The molecule has 0 radical (unpaired) electrons. The second-order valence-electron chi connectivity index (χ2n) is 7.11. The van der Waals surface area contributed by atoms with Crippen molar-refractivity contribution in [2.75, 3.05) is 0 Å². The molecule has 1 saturated carbocycles. The number of rotatable bonds is 7. The van der Waals surface area contributed by atoms with E-state index >= 15 is 0 Å². The molecule has 1 atom stereocenters. The molecule has 1 aromatic carbocycles. The minimum absolute atomic E-state index is 0.0608. The summed E-state index contributed by atoms with van der Waals surface area (Å²) in [5, 5.41) is 12.3. The first-order chi connectivity index (χ1) is 13.7. The predicted octanol–water partition coefficient (Wildman–Crippen LogP) is 4.13. The molecule has 6 nitrogen and oxygen atoms in total. The van der Waals surface area contributed by atoms with Gasteiger partial charge < -0.3 is 9.73 Å². The number of amides is 1. The maximum atomic E-state index is 12.6. The SMILES string of the molecule is C[C@H](Sc1nnc(-c2ccco2)n1Cc1ccccc1)C(=O)NC1CCCC1. The fraction of sp³-hybridized carbons (Fsp3) is 0.381. The van der Waals surface area contributed by atoms with Crippen LogP contribution in [0.15, 0.2) is 58.3 Å². The van der Waals surface area contributed by atoms with Crippen molar-refractivity contribution in [3.05, 3.63) is 54.3 Å². The van der Waals surface area contributed by atoms with Crippen molar-refractivity contribution in [1.82, 2.24) is 20.1 Å². The van der Waals surface area contributed by atoms with Crippen LogP contribution in [0.4, 0.5) is 0 Å². The molecule has 146 valence electrons. The molecule has 28 heavy (non-hydrogen) atoms. The van der Waals surface area contributed by atoms with Gasteiger partial charge in [-0.2, -0.15) is 0 Å². The van der Waals surface area contributed by atoms with Gasteiger partial charge in [0.15, 0.2) is 10.9 Å². The average Bonchev–Trinajstić information content (AvgIpc) is 3.46. The van der Waals surface area contributed by atoms with E-state index in [0.717, 1.165) is 18.4 Å². The van der Waals surface area contributed by atoms with Crippen molar-refractivity contribution < 1.29 is 9.21 Å². The molecule has 0 aliphatic heterocycles. The first kappa shape index (κ1) is 18.8. The molecule has 1 aliphatic rings. The minimum Gasteiger partial charge on any atom is -0.461 e. The van der Waals surface area contributed by atoms with Crippen molar-refractivity contribution >= 4 is 17.7 Å². The minimum atomic E-state index is -0.247. The Bertz CT molecular complexity index is 902. The van der Waals surface area contributed by atoms with Gasteiger partial charge in [0.1, 0.15) is 0 Å². The van der Waals surface area contributed by atoms with Crippen LogP contribution in [0, 0.1) is 0 Å². The Morgan fingerprint density at radius 1 is 1.21 bits per heavy atom. The molecule has 0 spiro atoms. The van der Waals surface area contributed by atoms with Crippen LogP contribution in [0.2, 0.25) is 0 Å². The van der Waals surface area contributed by atoms with Crippen molar-refractivity contribution in [3.63, 3.8) is 0 Å². The summed E-state index contributed by atoms with van der Waals surface area (Å²) < 4.78 is 7.55. The van der Waals surface area contributed by atoms with E-state index in [2.05, 4.69) is 27.6 Å². The van der Waals surface area contributed by atoms with Gasteiger partial charge in [0.2, 0.25) is 11.7 Å². The molecular weight excluding hydrogens is 372 g/mol. The molecule has 1 N–H and O–H groups in total. The Morgan fingerprint density at radius 3 is 2.71 bits per heavy atom. The number of carbonyl (C=O) groups is 1. The number of nitrogens with zero attached hydrogens (tertiary/aromatic N) is 3. The standard InChI is InChI=1S/C21H24N4O2S/c1-15(20(26)22-17-10-5-6-11-17)28-21-24-23-19(18-12-7-13-27-18)25(21)14-16-8-3-2-4-9-16/h2-4,7-9,12-13,15,17H,5-6,10-11,14H2,1H3,(H,22,26)/t15-/m0/s1. The Kier molecular flexibility index (Phi) is 5.81. The first-order valence-corrected chi connectivity index (χ1v) is 10.6. The van der Waals surface area contributed by atoms with E-state index in [1.54, 1.807) is 6.26 Å². The lowest BCUT2D eigenvalue weighted by atomic mass is 10.2. The maximum absolute atomic E-state index is 12.6. The summed E-state index contributed by atoms with van der Waals surface area (Å²) in [5.41, 5.74) is 1.14. The van der Waals surface area contributed by atoms with Crippen LogP contribution in [0.25, 0.3) is 11.6 Å². The smallest absolute Gasteiger partial charge is 0.233 e. The van der Waals surface area contributed by atoms with E-state index in [4.69, 9.17) is 4.42 Å². The predicted molar refractivity (Wildman–Crippen MR) is 109 cm³/mol. The maximum Gasteiger partial charge on any atom is 0.233 e. The molecule has 3 aromatic rings. The number of aromatic nitrogens is 3. The Labute approximate surface area is 168 Å². The zero-order valence-electron chi connectivity index (χ0n) is 15.9. The highest BCUT2D eigenvalue weighted by atomic mass is 32.2. The highest BCUT2D eigenvalue weighted by molar-refractivity contribution is 8.00. The lowest BCUT2D eigenvalue weighted by Gasteiger charge is -2.16.